The van der Waals surface area contributed by atoms with Crippen molar-refractivity contribution in [1.82, 2.24) is 4.37 Å². The van der Waals surface area contributed by atoms with Crippen molar-refractivity contribution < 1.29 is 0 Å². The van der Waals surface area contributed by atoms with Gasteiger partial charge in [-0.15, -0.1) is 0 Å². The molecule has 0 radical (unpaired) electrons. The minimum absolute atomic E-state index is 0.635. The molecule has 0 bridgehead atoms. The summed E-state index contributed by atoms with van der Waals surface area (Å²) >= 11 is 1.53. The first-order valence-electron chi connectivity index (χ1n) is 3.25. The summed E-state index contributed by atoms with van der Waals surface area (Å²) in [5, 5.41) is 2.03. The van der Waals surface area contributed by atoms with Gasteiger partial charge in [-0.3, -0.25) is 0 Å². The standard InChI is InChI=1S/C7H11NS/c1-3-6(2)7-4-5-9-8-7/h4-6H,3H2,1-2H3. The Hall–Kier alpha value is -0.370. The maximum Gasteiger partial charge on any atom is 0.0570 e. The van der Waals surface area contributed by atoms with Crippen LogP contribution in [0.15, 0.2) is 11.4 Å². The van der Waals surface area contributed by atoms with Crippen LogP contribution in [-0.2, 0) is 0 Å². The Morgan fingerprint density at radius 1 is 1.78 bits per heavy atom. The van der Waals surface area contributed by atoms with E-state index in [1.54, 1.807) is 0 Å². The SMILES string of the molecule is CCC(C)c1ccsn1. The topological polar surface area (TPSA) is 12.9 Å². The summed E-state index contributed by atoms with van der Waals surface area (Å²) in [6.07, 6.45) is 1.18. The molecule has 1 heterocycles. The molecule has 0 saturated carbocycles. The van der Waals surface area contributed by atoms with Crippen LogP contribution in [0.5, 0.6) is 0 Å². The molecule has 1 unspecified atom stereocenters. The monoisotopic (exact) mass is 141 g/mol. The van der Waals surface area contributed by atoms with Crippen LogP contribution in [0.25, 0.3) is 0 Å². The number of nitrogens with zero attached hydrogens (tertiary/aromatic N) is 1. The van der Waals surface area contributed by atoms with Gasteiger partial charge in [0, 0.05) is 5.38 Å². The van der Waals surface area contributed by atoms with Crippen molar-refractivity contribution in [2.75, 3.05) is 0 Å². The van der Waals surface area contributed by atoms with Crippen molar-refractivity contribution in [1.29, 1.82) is 0 Å². The van der Waals surface area contributed by atoms with Crippen LogP contribution in [-0.4, -0.2) is 4.37 Å². The quantitative estimate of drug-likeness (QED) is 0.617. The maximum absolute atomic E-state index is 4.23. The van der Waals surface area contributed by atoms with Crippen LogP contribution >= 0.6 is 11.5 Å². The lowest BCUT2D eigenvalue weighted by Crippen LogP contribution is -1.88. The van der Waals surface area contributed by atoms with Gasteiger partial charge >= 0.3 is 0 Å². The van der Waals surface area contributed by atoms with Crippen molar-refractivity contribution in [3.63, 3.8) is 0 Å². The van der Waals surface area contributed by atoms with E-state index in [1.165, 1.54) is 23.6 Å². The number of hydrogen-bond donors (Lipinski definition) is 0. The van der Waals surface area contributed by atoms with E-state index in [1.807, 2.05) is 5.38 Å². The fourth-order valence-corrected chi connectivity index (χ4v) is 1.31. The molecule has 0 aliphatic carbocycles. The molecule has 1 aromatic heterocycles. The minimum Gasteiger partial charge on any atom is -0.197 e. The van der Waals surface area contributed by atoms with Gasteiger partial charge in [0.2, 0.25) is 0 Å². The third kappa shape index (κ3) is 1.52. The predicted octanol–water partition coefficient (Wildman–Crippen LogP) is 2.66. The van der Waals surface area contributed by atoms with Crippen LogP contribution in [0.4, 0.5) is 0 Å². The highest BCUT2D eigenvalue weighted by atomic mass is 32.1. The predicted molar refractivity (Wildman–Crippen MR) is 40.8 cm³/mol. The third-order valence-corrected chi connectivity index (χ3v) is 2.15. The van der Waals surface area contributed by atoms with Gasteiger partial charge in [0.1, 0.15) is 0 Å². The van der Waals surface area contributed by atoms with Crippen LogP contribution in [0.2, 0.25) is 0 Å². The van der Waals surface area contributed by atoms with Crippen LogP contribution in [0.1, 0.15) is 31.9 Å². The van der Waals surface area contributed by atoms with Crippen molar-refractivity contribution in [3.8, 4) is 0 Å². The number of hydrogen-bond acceptors (Lipinski definition) is 2. The highest BCUT2D eigenvalue weighted by Crippen LogP contribution is 2.16. The van der Waals surface area contributed by atoms with E-state index in [0.29, 0.717) is 5.92 Å². The van der Waals surface area contributed by atoms with Crippen molar-refractivity contribution in [2.45, 2.75) is 26.2 Å². The molecule has 50 valence electrons. The Kier molecular flexibility index (Phi) is 2.22. The summed E-state index contributed by atoms with van der Waals surface area (Å²) < 4.78 is 4.23. The molecule has 1 nitrogen and oxygen atoms in total. The van der Waals surface area contributed by atoms with Crippen molar-refractivity contribution >= 4 is 11.5 Å². The van der Waals surface area contributed by atoms with E-state index in [4.69, 9.17) is 0 Å². The third-order valence-electron chi connectivity index (χ3n) is 1.58. The maximum atomic E-state index is 4.23. The first kappa shape index (κ1) is 6.75. The summed E-state index contributed by atoms with van der Waals surface area (Å²) in [6.45, 7) is 4.39. The second-order valence-electron chi connectivity index (χ2n) is 2.23. The molecule has 1 rings (SSSR count). The zero-order valence-electron chi connectivity index (χ0n) is 5.79. The average molecular weight is 141 g/mol. The largest absolute Gasteiger partial charge is 0.197 e. The van der Waals surface area contributed by atoms with Gasteiger partial charge in [-0.2, -0.15) is 4.37 Å². The van der Waals surface area contributed by atoms with E-state index >= 15 is 0 Å². The summed E-state index contributed by atoms with van der Waals surface area (Å²) in [7, 11) is 0. The normalized spacial score (nSPS) is 13.6. The Morgan fingerprint density at radius 2 is 2.56 bits per heavy atom. The average Bonchev–Trinajstić information content (AvgIpc) is 2.37. The summed E-state index contributed by atoms with van der Waals surface area (Å²) in [4.78, 5) is 0. The van der Waals surface area contributed by atoms with Gasteiger partial charge in [-0.05, 0) is 29.9 Å². The van der Waals surface area contributed by atoms with Crippen LogP contribution in [0, 0.1) is 0 Å². The second-order valence-corrected chi connectivity index (χ2v) is 2.90. The number of aromatic nitrogens is 1. The van der Waals surface area contributed by atoms with E-state index in [0.717, 1.165) is 0 Å². The summed E-state index contributed by atoms with van der Waals surface area (Å²) in [5.74, 6) is 0.635. The fourth-order valence-electron chi connectivity index (χ4n) is 0.685. The smallest absolute Gasteiger partial charge is 0.0570 e. The Morgan fingerprint density at radius 3 is 3.00 bits per heavy atom. The van der Waals surface area contributed by atoms with Gasteiger partial charge < -0.3 is 0 Å². The Labute approximate surface area is 59.9 Å². The molecule has 1 atom stereocenters. The Balaban J connectivity index is 2.65. The molecule has 9 heavy (non-hydrogen) atoms. The second kappa shape index (κ2) is 2.97. The molecule has 0 spiro atoms. The molecule has 0 fully saturated rings. The van der Waals surface area contributed by atoms with E-state index < -0.39 is 0 Å². The highest BCUT2D eigenvalue weighted by molar-refractivity contribution is 7.03. The molecule has 2 heteroatoms. The first-order valence-corrected chi connectivity index (χ1v) is 4.08. The van der Waals surface area contributed by atoms with Gasteiger partial charge in [0.05, 0.1) is 5.69 Å². The molecule has 0 aromatic carbocycles. The van der Waals surface area contributed by atoms with E-state index in [9.17, 15) is 0 Å². The lowest BCUT2D eigenvalue weighted by atomic mass is 10.1. The fraction of sp³-hybridized carbons (Fsp3) is 0.571. The highest BCUT2D eigenvalue weighted by Gasteiger charge is 2.02. The zero-order valence-corrected chi connectivity index (χ0v) is 6.61. The van der Waals surface area contributed by atoms with Crippen molar-refractivity contribution in [3.05, 3.63) is 17.1 Å². The van der Waals surface area contributed by atoms with Crippen LogP contribution in [0.3, 0.4) is 0 Å². The minimum atomic E-state index is 0.635. The van der Waals surface area contributed by atoms with Gasteiger partial charge in [0.15, 0.2) is 0 Å². The first-order chi connectivity index (χ1) is 4.34. The van der Waals surface area contributed by atoms with Crippen LogP contribution < -0.4 is 0 Å². The molecular formula is C7H11NS. The molecule has 0 aliphatic heterocycles. The van der Waals surface area contributed by atoms with Gasteiger partial charge in [0.25, 0.3) is 0 Å². The van der Waals surface area contributed by atoms with Crippen molar-refractivity contribution in [2.24, 2.45) is 0 Å². The molecule has 0 N–H and O–H groups in total. The molecular weight excluding hydrogens is 130 g/mol. The van der Waals surface area contributed by atoms with Gasteiger partial charge in [-0.25, -0.2) is 0 Å². The van der Waals surface area contributed by atoms with Gasteiger partial charge in [-0.1, -0.05) is 13.8 Å². The summed E-state index contributed by atoms with van der Waals surface area (Å²) in [5.41, 5.74) is 1.24. The molecule has 0 amide bonds. The molecule has 0 aliphatic rings. The lowest BCUT2D eigenvalue weighted by molar-refractivity contribution is 0.717. The summed E-state index contributed by atoms with van der Waals surface area (Å²) in [6, 6.07) is 2.10. The van der Waals surface area contributed by atoms with E-state index in [2.05, 4.69) is 24.3 Å². The Bertz CT molecular complexity index is 157. The molecule has 0 saturated heterocycles. The lowest BCUT2D eigenvalue weighted by Gasteiger charge is -2.00. The zero-order chi connectivity index (χ0) is 6.69. The molecule has 1 aromatic rings. The van der Waals surface area contributed by atoms with E-state index in [-0.39, 0.29) is 0 Å². The number of rotatable bonds is 2.